The molecule has 5 heteroatoms. The largest absolute Gasteiger partial charge is 0.383 e. The number of ether oxygens (including phenoxy) is 1. The molecule has 0 bridgehead atoms. The Balaban J connectivity index is 2.13. The average Bonchev–Trinajstić information content (AvgIpc) is 2.58. The van der Waals surface area contributed by atoms with Crippen molar-refractivity contribution in [3.8, 4) is 0 Å². The van der Waals surface area contributed by atoms with Crippen LogP contribution in [0.5, 0.6) is 0 Å². The molecule has 2 unspecified atom stereocenters. The quantitative estimate of drug-likeness (QED) is 0.854. The van der Waals surface area contributed by atoms with E-state index in [1.165, 1.54) is 6.42 Å². The van der Waals surface area contributed by atoms with Crippen LogP contribution in [0.25, 0.3) is 0 Å². The summed E-state index contributed by atoms with van der Waals surface area (Å²) in [7, 11) is 0. The van der Waals surface area contributed by atoms with E-state index in [-0.39, 0.29) is 0 Å². The third-order valence-electron chi connectivity index (χ3n) is 3.34. The summed E-state index contributed by atoms with van der Waals surface area (Å²) in [6, 6.07) is 0.405. The van der Waals surface area contributed by atoms with Gasteiger partial charge in [-0.3, -0.25) is 0 Å². The number of nitrogens with two attached hydrogens (primary N) is 1. The van der Waals surface area contributed by atoms with Crippen LogP contribution in [0.2, 0.25) is 0 Å². The number of hydrogen-bond acceptors (Lipinski definition) is 3. The zero-order chi connectivity index (χ0) is 12.4. The summed E-state index contributed by atoms with van der Waals surface area (Å²) in [5.41, 5.74) is 7.14. The smallest absolute Gasteiger partial charge is 0.135 e. The van der Waals surface area contributed by atoms with E-state index in [0.29, 0.717) is 12.1 Å². The van der Waals surface area contributed by atoms with Crippen LogP contribution >= 0.6 is 22.6 Å². The van der Waals surface area contributed by atoms with E-state index >= 15 is 0 Å². The number of hydrogen-bond donors (Lipinski definition) is 1. The van der Waals surface area contributed by atoms with Gasteiger partial charge in [-0.15, -0.1) is 0 Å². The van der Waals surface area contributed by atoms with Gasteiger partial charge in [0.15, 0.2) is 0 Å². The lowest BCUT2D eigenvalue weighted by atomic mass is 10.0. The number of anilines is 1. The first-order valence-electron chi connectivity index (χ1n) is 6.25. The van der Waals surface area contributed by atoms with Crippen LogP contribution in [0.4, 0.5) is 5.82 Å². The highest BCUT2D eigenvalue weighted by Crippen LogP contribution is 2.31. The highest BCUT2D eigenvalue weighted by Gasteiger charge is 2.26. The Morgan fingerprint density at radius 1 is 1.59 bits per heavy atom. The third kappa shape index (κ3) is 2.76. The Labute approximate surface area is 116 Å². The van der Waals surface area contributed by atoms with Gasteiger partial charge in [0, 0.05) is 6.61 Å². The molecule has 0 radical (unpaired) electrons. The van der Waals surface area contributed by atoms with Crippen molar-refractivity contribution in [2.75, 3.05) is 12.3 Å². The summed E-state index contributed by atoms with van der Waals surface area (Å²) in [6.45, 7) is 5.03. The summed E-state index contributed by atoms with van der Waals surface area (Å²) in [5.74, 6) is 0.810. The van der Waals surface area contributed by atoms with Gasteiger partial charge in [0.05, 0.1) is 21.4 Å². The summed E-state index contributed by atoms with van der Waals surface area (Å²) in [6.07, 6.45) is 4.73. The fourth-order valence-corrected chi connectivity index (χ4v) is 2.78. The van der Waals surface area contributed by atoms with Gasteiger partial charge in [0.2, 0.25) is 0 Å². The predicted molar refractivity (Wildman–Crippen MR) is 77.0 cm³/mol. The first-order chi connectivity index (χ1) is 8.13. The third-order valence-corrected chi connectivity index (χ3v) is 4.68. The van der Waals surface area contributed by atoms with Crippen molar-refractivity contribution in [3.05, 3.63) is 9.26 Å². The first kappa shape index (κ1) is 13.1. The molecule has 1 aliphatic rings. The standard InChI is InChI=1S/C12H20IN3O/c1-3-4-10-7-9(5-6-17-10)16-12(14)11(13)8(2)15-16/h9-10H,3-7,14H2,1-2H3. The number of nitrogen functional groups attached to an aromatic ring is 1. The Hall–Kier alpha value is -0.300. The van der Waals surface area contributed by atoms with Crippen molar-refractivity contribution in [1.82, 2.24) is 9.78 Å². The van der Waals surface area contributed by atoms with E-state index in [4.69, 9.17) is 10.5 Å². The molecule has 1 fully saturated rings. The van der Waals surface area contributed by atoms with Crippen molar-refractivity contribution >= 4 is 28.4 Å². The van der Waals surface area contributed by atoms with Gasteiger partial charge in [-0.05, 0) is 48.8 Å². The fourth-order valence-electron chi connectivity index (χ4n) is 2.43. The Kier molecular flexibility index (Phi) is 4.30. The number of nitrogens with zero attached hydrogens (tertiary/aromatic N) is 2. The van der Waals surface area contributed by atoms with Gasteiger partial charge < -0.3 is 10.5 Å². The van der Waals surface area contributed by atoms with E-state index in [1.54, 1.807) is 0 Å². The minimum Gasteiger partial charge on any atom is -0.383 e. The van der Waals surface area contributed by atoms with Crippen molar-refractivity contribution in [1.29, 1.82) is 0 Å². The van der Waals surface area contributed by atoms with Crippen molar-refractivity contribution in [2.24, 2.45) is 0 Å². The Bertz CT molecular complexity index is 389. The van der Waals surface area contributed by atoms with Crippen LogP contribution in [0.1, 0.15) is 44.3 Å². The molecule has 1 aliphatic heterocycles. The van der Waals surface area contributed by atoms with E-state index in [1.807, 2.05) is 11.6 Å². The minimum atomic E-state index is 0.375. The molecule has 1 aromatic heterocycles. The van der Waals surface area contributed by atoms with Gasteiger partial charge in [-0.2, -0.15) is 5.10 Å². The molecule has 0 amide bonds. The molecule has 0 saturated carbocycles. The Morgan fingerprint density at radius 3 is 2.94 bits per heavy atom. The molecule has 1 saturated heterocycles. The second-order valence-corrected chi connectivity index (χ2v) is 5.77. The molecule has 96 valence electrons. The monoisotopic (exact) mass is 349 g/mol. The van der Waals surface area contributed by atoms with Crippen LogP contribution in [0.15, 0.2) is 0 Å². The first-order valence-corrected chi connectivity index (χ1v) is 7.33. The molecule has 17 heavy (non-hydrogen) atoms. The number of aromatic nitrogens is 2. The van der Waals surface area contributed by atoms with Gasteiger partial charge >= 0.3 is 0 Å². The summed E-state index contributed by atoms with van der Waals surface area (Å²) in [4.78, 5) is 0. The maximum atomic E-state index is 6.11. The normalized spacial score (nSPS) is 25.1. The van der Waals surface area contributed by atoms with Crippen LogP contribution in [-0.4, -0.2) is 22.5 Å². The minimum absolute atomic E-state index is 0.375. The van der Waals surface area contributed by atoms with Gasteiger partial charge in [0.1, 0.15) is 5.82 Å². The highest BCUT2D eigenvalue weighted by molar-refractivity contribution is 14.1. The van der Waals surface area contributed by atoms with Gasteiger partial charge in [-0.1, -0.05) is 13.3 Å². The van der Waals surface area contributed by atoms with E-state index in [0.717, 1.165) is 41.0 Å². The lowest BCUT2D eigenvalue weighted by Crippen LogP contribution is -2.28. The zero-order valence-electron chi connectivity index (χ0n) is 10.4. The highest BCUT2D eigenvalue weighted by atomic mass is 127. The van der Waals surface area contributed by atoms with Crippen LogP contribution in [0.3, 0.4) is 0 Å². The molecule has 2 heterocycles. The molecule has 2 atom stereocenters. The Morgan fingerprint density at radius 2 is 2.35 bits per heavy atom. The van der Waals surface area contributed by atoms with Crippen molar-refractivity contribution < 1.29 is 4.74 Å². The molecule has 1 aromatic rings. The van der Waals surface area contributed by atoms with E-state index in [2.05, 4.69) is 34.6 Å². The lowest BCUT2D eigenvalue weighted by Gasteiger charge is -2.30. The van der Waals surface area contributed by atoms with Crippen molar-refractivity contribution in [3.63, 3.8) is 0 Å². The summed E-state index contributed by atoms with van der Waals surface area (Å²) >= 11 is 2.27. The number of rotatable bonds is 3. The molecule has 4 nitrogen and oxygen atoms in total. The molecule has 0 aromatic carbocycles. The van der Waals surface area contributed by atoms with Crippen LogP contribution in [0, 0.1) is 10.5 Å². The molecule has 2 rings (SSSR count). The number of aryl methyl sites for hydroxylation is 1. The van der Waals surface area contributed by atoms with Crippen LogP contribution < -0.4 is 5.73 Å². The topological polar surface area (TPSA) is 53.1 Å². The maximum absolute atomic E-state index is 6.11. The SMILES string of the molecule is CCCC1CC(n2nc(C)c(I)c2N)CCO1. The molecule has 0 spiro atoms. The predicted octanol–water partition coefficient (Wildman–Crippen LogP) is 2.90. The van der Waals surface area contributed by atoms with E-state index < -0.39 is 0 Å². The molecule has 0 aliphatic carbocycles. The zero-order valence-corrected chi connectivity index (χ0v) is 12.6. The van der Waals surface area contributed by atoms with Gasteiger partial charge in [0.25, 0.3) is 0 Å². The van der Waals surface area contributed by atoms with Crippen molar-refractivity contribution in [2.45, 2.75) is 51.7 Å². The molecular formula is C12H20IN3O. The second-order valence-electron chi connectivity index (χ2n) is 4.69. The molecule has 2 N–H and O–H groups in total. The average molecular weight is 349 g/mol. The van der Waals surface area contributed by atoms with E-state index in [9.17, 15) is 0 Å². The fraction of sp³-hybridized carbons (Fsp3) is 0.750. The lowest BCUT2D eigenvalue weighted by molar-refractivity contribution is -0.0120. The van der Waals surface area contributed by atoms with Crippen LogP contribution in [-0.2, 0) is 4.74 Å². The summed E-state index contributed by atoms with van der Waals surface area (Å²) in [5, 5.41) is 4.56. The molecular weight excluding hydrogens is 329 g/mol. The summed E-state index contributed by atoms with van der Waals surface area (Å²) < 4.78 is 8.85. The second kappa shape index (κ2) is 5.56. The maximum Gasteiger partial charge on any atom is 0.135 e. The van der Waals surface area contributed by atoms with Gasteiger partial charge in [-0.25, -0.2) is 4.68 Å². The number of halogens is 1.